The topological polar surface area (TPSA) is 71.4 Å². The smallest absolute Gasteiger partial charge is 0.234 e. The van der Waals surface area contributed by atoms with Crippen molar-refractivity contribution < 1.29 is 9.53 Å². The lowest BCUT2D eigenvalue weighted by molar-refractivity contribution is -0.123. The molecule has 1 saturated heterocycles. The highest BCUT2D eigenvalue weighted by Gasteiger charge is 2.27. The minimum Gasteiger partial charge on any atom is -0.492 e. The van der Waals surface area contributed by atoms with E-state index in [2.05, 4.69) is 20.5 Å². The summed E-state index contributed by atoms with van der Waals surface area (Å²) in [6, 6.07) is 9.71. The molecule has 1 fully saturated rings. The van der Waals surface area contributed by atoms with Gasteiger partial charge in [-0.1, -0.05) is 18.2 Å². The average molecular weight is 343 g/mol. The summed E-state index contributed by atoms with van der Waals surface area (Å²) in [5.74, 6) is 1.80. The molecule has 2 N–H and O–H groups in total. The molecule has 2 heterocycles. The highest BCUT2D eigenvalue weighted by Crippen LogP contribution is 2.19. The quantitative estimate of drug-likeness (QED) is 0.719. The lowest BCUT2D eigenvalue weighted by Gasteiger charge is -2.35. The highest BCUT2D eigenvalue weighted by atomic mass is 16.5. The Morgan fingerprint density at radius 3 is 3.00 bits per heavy atom. The average Bonchev–Trinajstić information content (AvgIpc) is 3.06. The van der Waals surface area contributed by atoms with E-state index in [1.807, 2.05) is 48.1 Å². The number of para-hydroxylation sites is 1. The Hall–Kier alpha value is -2.38. The Labute approximate surface area is 148 Å². The van der Waals surface area contributed by atoms with Gasteiger partial charge in [0.2, 0.25) is 5.91 Å². The standard InChI is InChI=1S/C18H25N5O2/c1-22-10-8-21-18(22)16-13-19-7-11-23(16)14-17(24)20-9-12-25-15-5-3-2-4-6-15/h2-6,8,10,16,19H,7,9,11-14H2,1H3,(H,20,24). The van der Waals surface area contributed by atoms with Crippen molar-refractivity contribution in [1.29, 1.82) is 0 Å². The molecule has 3 rings (SSSR count). The lowest BCUT2D eigenvalue weighted by atomic mass is 10.1. The number of benzene rings is 1. The minimum absolute atomic E-state index is 0.0118. The Morgan fingerprint density at radius 1 is 1.40 bits per heavy atom. The van der Waals surface area contributed by atoms with E-state index in [9.17, 15) is 4.79 Å². The number of carbonyl (C=O) groups excluding carboxylic acids is 1. The second-order valence-corrected chi connectivity index (χ2v) is 6.10. The largest absolute Gasteiger partial charge is 0.492 e. The summed E-state index contributed by atoms with van der Waals surface area (Å²) in [4.78, 5) is 18.9. The van der Waals surface area contributed by atoms with E-state index in [0.29, 0.717) is 19.7 Å². The molecule has 0 spiro atoms. The molecule has 7 nitrogen and oxygen atoms in total. The molecule has 134 valence electrons. The fourth-order valence-electron chi connectivity index (χ4n) is 3.00. The summed E-state index contributed by atoms with van der Waals surface area (Å²) in [7, 11) is 1.98. The molecule has 1 aromatic carbocycles. The van der Waals surface area contributed by atoms with Gasteiger partial charge in [0.25, 0.3) is 0 Å². The van der Waals surface area contributed by atoms with Crippen LogP contribution in [-0.4, -0.2) is 59.7 Å². The van der Waals surface area contributed by atoms with Crippen LogP contribution in [0.15, 0.2) is 42.7 Å². The van der Waals surface area contributed by atoms with Gasteiger partial charge in [-0.3, -0.25) is 9.69 Å². The summed E-state index contributed by atoms with van der Waals surface area (Å²) in [6.07, 6.45) is 3.73. The van der Waals surface area contributed by atoms with Crippen molar-refractivity contribution in [2.75, 3.05) is 39.3 Å². The molecule has 0 aliphatic carbocycles. The maximum Gasteiger partial charge on any atom is 0.234 e. The third kappa shape index (κ3) is 4.80. The van der Waals surface area contributed by atoms with Gasteiger partial charge in [0.05, 0.1) is 19.1 Å². The summed E-state index contributed by atoms with van der Waals surface area (Å²) < 4.78 is 7.60. The van der Waals surface area contributed by atoms with Crippen LogP contribution in [0.25, 0.3) is 0 Å². The Morgan fingerprint density at radius 2 is 2.24 bits per heavy atom. The van der Waals surface area contributed by atoms with Gasteiger partial charge in [0.15, 0.2) is 0 Å². The Bertz CT molecular complexity index is 673. The molecule has 2 aromatic rings. The SMILES string of the molecule is Cn1ccnc1C1CNCCN1CC(=O)NCCOc1ccccc1. The molecule has 1 amide bonds. The van der Waals surface area contributed by atoms with Crippen LogP contribution >= 0.6 is 0 Å². The Kier molecular flexibility index (Phi) is 6.03. The number of aryl methyl sites for hydroxylation is 1. The first-order valence-corrected chi connectivity index (χ1v) is 8.60. The predicted molar refractivity (Wildman–Crippen MR) is 95.3 cm³/mol. The van der Waals surface area contributed by atoms with E-state index in [1.165, 1.54) is 0 Å². The maximum absolute atomic E-state index is 12.3. The molecular formula is C18H25N5O2. The molecule has 7 heteroatoms. The molecule has 0 saturated carbocycles. The van der Waals surface area contributed by atoms with E-state index < -0.39 is 0 Å². The van der Waals surface area contributed by atoms with E-state index >= 15 is 0 Å². The van der Waals surface area contributed by atoms with Crippen molar-refractivity contribution in [3.8, 4) is 5.75 Å². The number of imidazole rings is 1. The van der Waals surface area contributed by atoms with Crippen LogP contribution < -0.4 is 15.4 Å². The zero-order valence-electron chi connectivity index (χ0n) is 14.5. The monoisotopic (exact) mass is 343 g/mol. The summed E-state index contributed by atoms with van der Waals surface area (Å²) in [5, 5.41) is 6.30. The van der Waals surface area contributed by atoms with Crippen LogP contribution in [0.1, 0.15) is 11.9 Å². The first kappa shape index (κ1) is 17.4. The number of aromatic nitrogens is 2. The second kappa shape index (κ2) is 8.64. The number of amides is 1. The number of hydrogen-bond donors (Lipinski definition) is 2. The molecule has 1 aliphatic rings. The normalized spacial score (nSPS) is 18.0. The van der Waals surface area contributed by atoms with Crippen molar-refractivity contribution >= 4 is 5.91 Å². The second-order valence-electron chi connectivity index (χ2n) is 6.10. The van der Waals surface area contributed by atoms with Gasteiger partial charge in [-0.25, -0.2) is 4.98 Å². The molecule has 0 bridgehead atoms. The number of ether oxygens (including phenoxy) is 1. The number of nitrogens with zero attached hydrogens (tertiary/aromatic N) is 3. The van der Waals surface area contributed by atoms with E-state index in [-0.39, 0.29) is 11.9 Å². The third-order valence-electron chi connectivity index (χ3n) is 4.29. The van der Waals surface area contributed by atoms with Gasteiger partial charge in [0, 0.05) is 39.1 Å². The third-order valence-corrected chi connectivity index (χ3v) is 4.29. The summed E-state index contributed by atoms with van der Waals surface area (Å²) >= 11 is 0. The van der Waals surface area contributed by atoms with E-state index in [0.717, 1.165) is 31.2 Å². The van der Waals surface area contributed by atoms with Crippen molar-refractivity contribution in [1.82, 2.24) is 25.1 Å². The summed E-state index contributed by atoms with van der Waals surface area (Å²) in [6.45, 7) is 3.82. The van der Waals surface area contributed by atoms with Crippen molar-refractivity contribution in [3.05, 3.63) is 48.5 Å². The predicted octanol–water partition coefficient (Wildman–Crippen LogP) is 0.562. The molecule has 0 radical (unpaired) electrons. The van der Waals surface area contributed by atoms with Crippen LogP contribution in [0, 0.1) is 0 Å². The van der Waals surface area contributed by atoms with E-state index in [4.69, 9.17) is 4.74 Å². The summed E-state index contributed by atoms with van der Waals surface area (Å²) in [5.41, 5.74) is 0. The molecule has 1 aliphatic heterocycles. The first-order chi connectivity index (χ1) is 12.2. The molecule has 1 atom stereocenters. The van der Waals surface area contributed by atoms with Crippen LogP contribution in [-0.2, 0) is 11.8 Å². The molecule has 1 unspecified atom stereocenters. The molecular weight excluding hydrogens is 318 g/mol. The number of carbonyl (C=O) groups is 1. The zero-order chi connectivity index (χ0) is 17.5. The number of piperazine rings is 1. The lowest BCUT2D eigenvalue weighted by Crippen LogP contribution is -2.50. The van der Waals surface area contributed by atoms with Gasteiger partial charge in [-0.2, -0.15) is 0 Å². The first-order valence-electron chi connectivity index (χ1n) is 8.60. The number of hydrogen-bond acceptors (Lipinski definition) is 5. The number of nitrogens with one attached hydrogen (secondary N) is 2. The maximum atomic E-state index is 12.3. The molecule has 1 aromatic heterocycles. The van der Waals surface area contributed by atoms with Crippen LogP contribution in [0.5, 0.6) is 5.75 Å². The van der Waals surface area contributed by atoms with Crippen molar-refractivity contribution in [2.45, 2.75) is 6.04 Å². The van der Waals surface area contributed by atoms with Crippen LogP contribution in [0.4, 0.5) is 0 Å². The molecule has 25 heavy (non-hydrogen) atoms. The fourth-order valence-corrected chi connectivity index (χ4v) is 3.00. The van der Waals surface area contributed by atoms with Gasteiger partial charge in [-0.15, -0.1) is 0 Å². The number of rotatable bonds is 7. The highest BCUT2D eigenvalue weighted by molar-refractivity contribution is 5.78. The van der Waals surface area contributed by atoms with Gasteiger partial charge in [0.1, 0.15) is 18.2 Å². The van der Waals surface area contributed by atoms with Crippen LogP contribution in [0.2, 0.25) is 0 Å². The van der Waals surface area contributed by atoms with Gasteiger partial charge >= 0.3 is 0 Å². The van der Waals surface area contributed by atoms with Gasteiger partial charge in [-0.05, 0) is 12.1 Å². The van der Waals surface area contributed by atoms with Crippen LogP contribution in [0.3, 0.4) is 0 Å². The van der Waals surface area contributed by atoms with E-state index in [1.54, 1.807) is 6.20 Å². The van der Waals surface area contributed by atoms with Gasteiger partial charge < -0.3 is 19.9 Å². The Balaban J connectivity index is 1.45. The minimum atomic E-state index is 0.0118. The van der Waals surface area contributed by atoms with Crippen molar-refractivity contribution in [2.24, 2.45) is 7.05 Å². The fraction of sp³-hybridized carbons (Fsp3) is 0.444. The zero-order valence-corrected chi connectivity index (χ0v) is 14.5. The van der Waals surface area contributed by atoms with Crippen molar-refractivity contribution in [3.63, 3.8) is 0 Å².